The lowest BCUT2D eigenvalue weighted by molar-refractivity contribution is -0.134. The number of aliphatic hydroxyl groups excluding tert-OH is 1. The molecule has 0 spiro atoms. The van der Waals surface area contributed by atoms with E-state index in [-0.39, 0.29) is 30.5 Å². The first-order valence-electron chi connectivity index (χ1n) is 8.59. The van der Waals surface area contributed by atoms with Crippen LogP contribution in [0.4, 0.5) is 0 Å². The molecule has 0 saturated carbocycles. The van der Waals surface area contributed by atoms with Crippen LogP contribution in [0.1, 0.15) is 29.7 Å². The number of rotatable bonds is 6. The number of carbonyl (C=O) groups is 1. The van der Waals surface area contributed by atoms with Crippen molar-refractivity contribution in [3.8, 4) is 0 Å². The number of allylic oxidation sites excluding steroid dienone is 2. The summed E-state index contributed by atoms with van der Waals surface area (Å²) in [5.41, 5.74) is 1.71. The molecule has 1 N–H and O–H groups in total. The highest BCUT2D eigenvalue weighted by molar-refractivity contribution is 7.93. The van der Waals surface area contributed by atoms with Gasteiger partial charge in [0.2, 0.25) is 5.91 Å². The van der Waals surface area contributed by atoms with E-state index in [0.29, 0.717) is 21.8 Å². The number of amides is 1. The van der Waals surface area contributed by atoms with Crippen LogP contribution in [0.25, 0.3) is 0 Å². The van der Waals surface area contributed by atoms with Crippen LogP contribution in [0.3, 0.4) is 0 Å². The maximum atomic E-state index is 12.9. The first kappa shape index (κ1) is 20.3. The SMILES string of the molecule is C=C/C(=C\C)S(=O)(=O)n1cc2c(n1)CN(C(=O)[C@H](CO)c1ccccc1Cl)C2. The molecule has 0 radical (unpaired) electrons. The van der Waals surface area contributed by atoms with E-state index < -0.39 is 15.9 Å². The predicted octanol–water partition coefficient (Wildman–Crippen LogP) is 2.42. The summed E-state index contributed by atoms with van der Waals surface area (Å²) >= 11 is 6.17. The van der Waals surface area contributed by atoms with Crippen LogP contribution in [0.2, 0.25) is 5.02 Å². The summed E-state index contributed by atoms with van der Waals surface area (Å²) in [6.45, 7) is 5.11. The maximum absolute atomic E-state index is 12.9. The molecule has 1 aliphatic rings. The van der Waals surface area contributed by atoms with Gasteiger partial charge in [-0.25, -0.2) is 0 Å². The van der Waals surface area contributed by atoms with Gasteiger partial charge in [-0.3, -0.25) is 4.79 Å². The molecule has 0 aliphatic carbocycles. The summed E-state index contributed by atoms with van der Waals surface area (Å²) in [6, 6.07) is 6.88. The van der Waals surface area contributed by atoms with Crippen LogP contribution in [0.15, 0.2) is 54.1 Å². The highest BCUT2D eigenvalue weighted by Crippen LogP contribution is 2.30. The highest BCUT2D eigenvalue weighted by Gasteiger charge is 2.33. The molecular formula is C19H20ClN3O4S. The molecule has 1 aromatic carbocycles. The van der Waals surface area contributed by atoms with Crippen LogP contribution >= 0.6 is 11.6 Å². The van der Waals surface area contributed by atoms with Crippen molar-refractivity contribution in [2.24, 2.45) is 0 Å². The second-order valence-electron chi connectivity index (χ2n) is 6.32. The highest BCUT2D eigenvalue weighted by atomic mass is 35.5. The second kappa shape index (κ2) is 7.90. The van der Waals surface area contributed by atoms with E-state index >= 15 is 0 Å². The van der Waals surface area contributed by atoms with E-state index in [0.717, 1.165) is 4.09 Å². The smallest absolute Gasteiger partial charge is 0.282 e. The summed E-state index contributed by atoms with van der Waals surface area (Å²) in [6.07, 6.45) is 4.11. The maximum Gasteiger partial charge on any atom is 0.282 e. The molecule has 2 heterocycles. The Morgan fingerprint density at radius 2 is 2.11 bits per heavy atom. The van der Waals surface area contributed by atoms with Crippen molar-refractivity contribution >= 4 is 27.5 Å². The molecule has 0 unspecified atom stereocenters. The third kappa shape index (κ3) is 3.50. The fourth-order valence-electron chi connectivity index (χ4n) is 3.17. The molecule has 1 atom stereocenters. The van der Waals surface area contributed by atoms with Gasteiger partial charge < -0.3 is 10.0 Å². The number of aromatic nitrogens is 2. The number of benzene rings is 1. The Hall–Kier alpha value is -2.42. The minimum atomic E-state index is -3.80. The number of carbonyl (C=O) groups excluding carboxylic acids is 1. The molecular weight excluding hydrogens is 402 g/mol. The normalized spacial score (nSPS) is 15.4. The topological polar surface area (TPSA) is 92.5 Å². The number of halogens is 1. The number of hydrogen-bond acceptors (Lipinski definition) is 5. The van der Waals surface area contributed by atoms with Crippen molar-refractivity contribution in [2.75, 3.05) is 6.61 Å². The zero-order chi connectivity index (χ0) is 20.5. The summed E-state index contributed by atoms with van der Waals surface area (Å²) in [7, 11) is -3.80. The van der Waals surface area contributed by atoms with Crippen molar-refractivity contribution in [3.63, 3.8) is 0 Å². The van der Waals surface area contributed by atoms with E-state index in [1.807, 2.05) is 0 Å². The van der Waals surface area contributed by atoms with Gasteiger partial charge in [0, 0.05) is 23.3 Å². The quantitative estimate of drug-likeness (QED) is 0.723. The van der Waals surface area contributed by atoms with Gasteiger partial charge in [-0.15, -0.1) is 0 Å². The molecule has 0 bridgehead atoms. The predicted molar refractivity (Wildman–Crippen MR) is 106 cm³/mol. The molecule has 28 heavy (non-hydrogen) atoms. The second-order valence-corrected chi connectivity index (χ2v) is 8.53. The van der Waals surface area contributed by atoms with Gasteiger partial charge in [0.05, 0.1) is 29.7 Å². The minimum Gasteiger partial charge on any atom is -0.395 e. The molecule has 7 nitrogen and oxygen atoms in total. The van der Waals surface area contributed by atoms with E-state index in [4.69, 9.17) is 11.6 Å². The van der Waals surface area contributed by atoms with Crippen molar-refractivity contribution in [2.45, 2.75) is 25.9 Å². The van der Waals surface area contributed by atoms with Gasteiger partial charge in [0.15, 0.2) is 0 Å². The van der Waals surface area contributed by atoms with E-state index in [1.165, 1.54) is 23.2 Å². The summed E-state index contributed by atoms with van der Waals surface area (Å²) in [5, 5.41) is 14.3. The number of aliphatic hydroxyl groups is 1. The van der Waals surface area contributed by atoms with Gasteiger partial charge in [-0.2, -0.15) is 17.6 Å². The molecule has 1 aromatic heterocycles. The summed E-state index contributed by atoms with van der Waals surface area (Å²) < 4.78 is 26.0. The molecule has 1 amide bonds. The van der Waals surface area contributed by atoms with Crippen LogP contribution in [0.5, 0.6) is 0 Å². The number of fused-ring (bicyclic) bond motifs is 1. The summed E-state index contributed by atoms with van der Waals surface area (Å²) in [4.78, 5) is 14.5. The fraction of sp³-hybridized carbons (Fsp3) is 0.263. The van der Waals surface area contributed by atoms with Gasteiger partial charge in [0.25, 0.3) is 10.0 Å². The van der Waals surface area contributed by atoms with Crippen molar-refractivity contribution in [1.29, 1.82) is 0 Å². The zero-order valence-electron chi connectivity index (χ0n) is 15.2. The molecule has 1 aliphatic heterocycles. The van der Waals surface area contributed by atoms with E-state index in [2.05, 4.69) is 11.7 Å². The number of hydrogen-bond donors (Lipinski definition) is 1. The first-order valence-corrected chi connectivity index (χ1v) is 10.4. The van der Waals surface area contributed by atoms with Crippen molar-refractivity contribution in [1.82, 2.24) is 14.1 Å². The third-order valence-electron chi connectivity index (χ3n) is 4.66. The summed E-state index contributed by atoms with van der Waals surface area (Å²) in [5.74, 6) is -1.08. The molecule has 0 saturated heterocycles. The zero-order valence-corrected chi connectivity index (χ0v) is 16.8. The van der Waals surface area contributed by atoms with Crippen molar-refractivity contribution < 1.29 is 18.3 Å². The van der Waals surface area contributed by atoms with Crippen LogP contribution in [-0.4, -0.2) is 40.1 Å². The third-order valence-corrected chi connectivity index (χ3v) is 6.68. The van der Waals surface area contributed by atoms with Crippen LogP contribution < -0.4 is 0 Å². The standard InChI is InChI=1S/C19H20ClN3O4S/c1-3-14(4-2)28(26,27)23-10-13-9-22(11-18(13)21-23)19(25)16(12-24)15-7-5-6-8-17(15)20/h3-8,10,16,24H,1,9,11-12H2,2H3/b14-4+/t16-/m1/s1. The molecule has 148 valence electrons. The van der Waals surface area contributed by atoms with Gasteiger partial charge in [0.1, 0.15) is 0 Å². The minimum absolute atomic E-state index is 0.0562. The molecule has 9 heteroatoms. The fourth-order valence-corrected chi connectivity index (χ4v) is 4.64. The van der Waals surface area contributed by atoms with Gasteiger partial charge in [-0.05, 0) is 24.6 Å². The largest absolute Gasteiger partial charge is 0.395 e. The average molecular weight is 422 g/mol. The van der Waals surface area contributed by atoms with Gasteiger partial charge in [-0.1, -0.05) is 42.5 Å². The van der Waals surface area contributed by atoms with E-state index in [1.54, 1.807) is 31.2 Å². The monoisotopic (exact) mass is 421 g/mol. The Bertz CT molecular complexity index is 1040. The van der Waals surface area contributed by atoms with Crippen LogP contribution in [-0.2, 0) is 27.9 Å². The lowest BCUT2D eigenvalue weighted by Crippen LogP contribution is -2.33. The molecule has 0 fully saturated rings. The van der Waals surface area contributed by atoms with Crippen LogP contribution in [0, 0.1) is 0 Å². The Balaban J connectivity index is 1.82. The average Bonchev–Trinajstić information content (AvgIpc) is 3.24. The first-order chi connectivity index (χ1) is 13.3. The van der Waals surface area contributed by atoms with Crippen molar-refractivity contribution in [3.05, 3.63) is 75.9 Å². The van der Waals surface area contributed by atoms with E-state index in [9.17, 15) is 18.3 Å². The molecule has 2 aromatic rings. The Labute approximate surface area is 168 Å². The Morgan fingerprint density at radius 3 is 2.68 bits per heavy atom. The number of nitrogens with zero attached hydrogens (tertiary/aromatic N) is 3. The molecule has 3 rings (SSSR count). The lowest BCUT2D eigenvalue weighted by atomic mass is 9.98. The Morgan fingerprint density at radius 1 is 1.39 bits per heavy atom. The Kier molecular flexibility index (Phi) is 5.74. The van der Waals surface area contributed by atoms with Gasteiger partial charge >= 0.3 is 0 Å². The lowest BCUT2D eigenvalue weighted by Gasteiger charge is -2.22.